The first-order chi connectivity index (χ1) is 17.0. The van der Waals surface area contributed by atoms with Crippen LogP contribution < -0.4 is 10.1 Å². The molecule has 0 saturated carbocycles. The van der Waals surface area contributed by atoms with Crippen LogP contribution in [0.4, 0.5) is 8.78 Å². The fourth-order valence-corrected chi connectivity index (χ4v) is 4.49. The van der Waals surface area contributed by atoms with Crippen molar-refractivity contribution in [2.45, 2.75) is 18.6 Å². The number of pyridine rings is 1. The smallest absolute Gasteiger partial charge is 0.252 e. The highest BCUT2D eigenvalue weighted by molar-refractivity contribution is 5.95. The minimum absolute atomic E-state index is 0.219. The van der Waals surface area contributed by atoms with Gasteiger partial charge in [0.2, 0.25) is 0 Å². The zero-order chi connectivity index (χ0) is 24.4. The molecule has 1 unspecified atom stereocenters. The van der Waals surface area contributed by atoms with Gasteiger partial charge in [0.1, 0.15) is 28.6 Å². The molecule has 1 atom stereocenters. The molecule has 1 amide bonds. The molecule has 176 valence electrons. The van der Waals surface area contributed by atoms with Crippen LogP contribution >= 0.6 is 0 Å². The zero-order valence-electron chi connectivity index (χ0n) is 18.7. The van der Waals surface area contributed by atoms with E-state index in [1.54, 1.807) is 24.4 Å². The first-order valence-electron chi connectivity index (χ1n) is 11.2. The van der Waals surface area contributed by atoms with Gasteiger partial charge in [-0.05, 0) is 70.8 Å². The summed E-state index contributed by atoms with van der Waals surface area (Å²) in [5.74, 6) is -0.633. The fourth-order valence-electron chi connectivity index (χ4n) is 4.49. The van der Waals surface area contributed by atoms with Crippen LogP contribution in [-0.4, -0.2) is 22.6 Å². The monoisotopic (exact) mass is 472 g/mol. The molecule has 2 heterocycles. The third-order valence-corrected chi connectivity index (χ3v) is 6.27. The highest BCUT2D eigenvalue weighted by Crippen LogP contribution is 2.41. The maximum absolute atomic E-state index is 13.9. The Hall–Kier alpha value is -4.10. The van der Waals surface area contributed by atoms with Gasteiger partial charge in [0, 0.05) is 18.2 Å². The molecule has 2 N–H and O–H groups in total. The predicted molar refractivity (Wildman–Crippen MR) is 127 cm³/mol. The van der Waals surface area contributed by atoms with Gasteiger partial charge in [-0.15, -0.1) is 0 Å². The number of hydrogen-bond donors (Lipinski definition) is 2. The Morgan fingerprint density at radius 2 is 1.74 bits per heavy atom. The molecule has 0 spiro atoms. The van der Waals surface area contributed by atoms with Gasteiger partial charge in [-0.1, -0.05) is 30.3 Å². The number of aliphatic hydroxyl groups excluding tert-OH is 1. The third-order valence-electron chi connectivity index (χ3n) is 6.27. The van der Waals surface area contributed by atoms with Gasteiger partial charge in [0.05, 0.1) is 13.2 Å². The van der Waals surface area contributed by atoms with Gasteiger partial charge >= 0.3 is 0 Å². The third kappa shape index (κ3) is 4.26. The molecule has 0 radical (unpaired) electrons. The van der Waals surface area contributed by atoms with Crippen LogP contribution in [0.1, 0.15) is 33.6 Å². The molecule has 5 rings (SSSR count). The van der Waals surface area contributed by atoms with Crippen LogP contribution in [0.15, 0.2) is 85.1 Å². The largest absolute Gasteiger partial charge is 0.491 e. The SMILES string of the molecule is O=C(NC1(c2ccc(-c3cc(F)ccc3CO)cc2)CCOc2cccnc21)c1ccc(F)cc1. The van der Waals surface area contributed by atoms with E-state index in [9.17, 15) is 18.7 Å². The fraction of sp³-hybridized carbons (Fsp3) is 0.143. The number of carbonyl (C=O) groups excluding carboxylic acids is 1. The summed E-state index contributed by atoms with van der Waals surface area (Å²) >= 11 is 0. The summed E-state index contributed by atoms with van der Waals surface area (Å²) in [6.07, 6.45) is 2.06. The van der Waals surface area contributed by atoms with Gasteiger partial charge in [-0.25, -0.2) is 8.78 Å². The molecular formula is C28H22F2N2O3. The van der Waals surface area contributed by atoms with Gasteiger partial charge in [0.15, 0.2) is 0 Å². The van der Waals surface area contributed by atoms with Crippen molar-refractivity contribution in [1.29, 1.82) is 0 Å². The van der Waals surface area contributed by atoms with Crippen molar-refractivity contribution in [1.82, 2.24) is 10.3 Å². The second-order valence-electron chi connectivity index (χ2n) is 8.35. The Morgan fingerprint density at radius 3 is 2.49 bits per heavy atom. The van der Waals surface area contributed by atoms with Crippen molar-refractivity contribution in [3.63, 3.8) is 0 Å². The number of fused-ring (bicyclic) bond motifs is 1. The average Bonchev–Trinajstić information content (AvgIpc) is 2.89. The summed E-state index contributed by atoms with van der Waals surface area (Å²) in [6, 6.07) is 20.5. The van der Waals surface area contributed by atoms with E-state index in [2.05, 4.69) is 10.3 Å². The van der Waals surface area contributed by atoms with E-state index < -0.39 is 17.2 Å². The maximum atomic E-state index is 13.9. The maximum Gasteiger partial charge on any atom is 0.252 e. The van der Waals surface area contributed by atoms with Crippen LogP contribution in [0.2, 0.25) is 0 Å². The molecule has 0 aliphatic carbocycles. The Morgan fingerprint density at radius 1 is 1.00 bits per heavy atom. The molecule has 3 aromatic carbocycles. The standard InChI is InChI=1S/C28H22F2N2O3/c29-22-10-5-19(6-11-22)27(34)32-28(13-15-35-25-2-1-14-31-26(25)28)21-8-3-18(4-9-21)24-16-23(30)12-7-20(24)17-33/h1-12,14,16,33H,13,15,17H2,(H,32,34). The summed E-state index contributed by atoms with van der Waals surface area (Å²) in [4.78, 5) is 17.8. The van der Waals surface area contributed by atoms with E-state index >= 15 is 0 Å². The number of nitrogens with zero attached hydrogens (tertiary/aromatic N) is 1. The molecular weight excluding hydrogens is 450 g/mol. The lowest BCUT2D eigenvalue weighted by Crippen LogP contribution is -2.50. The predicted octanol–water partition coefficient (Wildman–Crippen LogP) is 4.98. The zero-order valence-corrected chi connectivity index (χ0v) is 18.7. The number of nitrogens with one attached hydrogen (secondary N) is 1. The highest BCUT2D eigenvalue weighted by atomic mass is 19.1. The Balaban J connectivity index is 1.59. The number of aromatic nitrogens is 1. The molecule has 35 heavy (non-hydrogen) atoms. The second kappa shape index (κ2) is 9.27. The molecule has 0 saturated heterocycles. The number of hydrogen-bond acceptors (Lipinski definition) is 4. The van der Waals surface area contributed by atoms with Crippen molar-refractivity contribution in [3.8, 4) is 16.9 Å². The summed E-state index contributed by atoms with van der Waals surface area (Å²) in [7, 11) is 0. The van der Waals surface area contributed by atoms with E-state index in [0.717, 1.165) is 11.1 Å². The molecule has 5 nitrogen and oxygen atoms in total. The van der Waals surface area contributed by atoms with E-state index in [0.29, 0.717) is 41.2 Å². The number of aliphatic hydroxyl groups is 1. The van der Waals surface area contributed by atoms with Crippen LogP contribution in [0.5, 0.6) is 5.75 Å². The first kappa shape index (κ1) is 22.7. The van der Waals surface area contributed by atoms with Crippen molar-refractivity contribution in [2.75, 3.05) is 6.61 Å². The number of halogens is 2. The van der Waals surface area contributed by atoms with Crippen molar-refractivity contribution in [3.05, 3.63) is 119 Å². The van der Waals surface area contributed by atoms with Crippen molar-refractivity contribution >= 4 is 5.91 Å². The molecule has 4 aromatic rings. The quantitative estimate of drug-likeness (QED) is 0.430. The lowest BCUT2D eigenvalue weighted by atomic mass is 9.80. The van der Waals surface area contributed by atoms with Gasteiger partial charge in [-0.2, -0.15) is 0 Å². The molecule has 0 fully saturated rings. The number of amides is 1. The van der Waals surface area contributed by atoms with E-state index in [1.165, 1.54) is 36.4 Å². The van der Waals surface area contributed by atoms with Gasteiger partial charge in [-0.3, -0.25) is 9.78 Å². The average molecular weight is 472 g/mol. The van der Waals surface area contributed by atoms with Gasteiger partial charge < -0.3 is 15.2 Å². The van der Waals surface area contributed by atoms with E-state index in [4.69, 9.17) is 4.74 Å². The second-order valence-corrected chi connectivity index (χ2v) is 8.35. The van der Waals surface area contributed by atoms with Crippen LogP contribution in [0.25, 0.3) is 11.1 Å². The summed E-state index contributed by atoms with van der Waals surface area (Å²) in [5.41, 5.74) is 2.58. The lowest BCUT2D eigenvalue weighted by Gasteiger charge is -2.39. The number of ether oxygens (including phenoxy) is 1. The summed E-state index contributed by atoms with van der Waals surface area (Å²) in [6.45, 7) is 0.131. The van der Waals surface area contributed by atoms with Crippen molar-refractivity contribution in [2.24, 2.45) is 0 Å². The van der Waals surface area contributed by atoms with Crippen LogP contribution in [0.3, 0.4) is 0 Å². The summed E-state index contributed by atoms with van der Waals surface area (Å²) in [5, 5.41) is 12.8. The Labute approximate surface area is 201 Å². The molecule has 7 heteroatoms. The van der Waals surface area contributed by atoms with Gasteiger partial charge in [0.25, 0.3) is 5.91 Å². The number of benzene rings is 3. The molecule has 1 aliphatic rings. The Kier molecular flexibility index (Phi) is 6.01. The number of carbonyl (C=O) groups is 1. The molecule has 0 bridgehead atoms. The van der Waals surface area contributed by atoms with E-state index in [1.807, 2.05) is 24.3 Å². The molecule has 1 aliphatic heterocycles. The normalized spacial score (nSPS) is 16.8. The topological polar surface area (TPSA) is 71.5 Å². The highest BCUT2D eigenvalue weighted by Gasteiger charge is 2.42. The minimum Gasteiger partial charge on any atom is -0.491 e. The lowest BCUT2D eigenvalue weighted by molar-refractivity contribution is 0.0883. The number of rotatable bonds is 5. The van der Waals surface area contributed by atoms with E-state index in [-0.39, 0.29) is 12.5 Å². The van der Waals surface area contributed by atoms with Crippen LogP contribution in [-0.2, 0) is 12.1 Å². The van der Waals surface area contributed by atoms with Crippen LogP contribution in [0, 0.1) is 11.6 Å². The Bertz CT molecular complexity index is 1370. The van der Waals surface area contributed by atoms with Crippen molar-refractivity contribution < 1.29 is 23.4 Å². The summed E-state index contributed by atoms with van der Waals surface area (Å²) < 4.78 is 33.1. The minimum atomic E-state index is -0.999. The first-order valence-corrected chi connectivity index (χ1v) is 11.2. The molecule has 1 aromatic heterocycles.